The van der Waals surface area contributed by atoms with Gasteiger partial charge in [0, 0.05) is 12.1 Å². The zero-order valence-electron chi connectivity index (χ0n) is 11.3. The van der Waals surface area contributed by atoms with Crippen LogP contribution in [0.25, 0.3) is 0 Å². The first-order valence-electron chi connectivity index (χ1n) is 6.68. The predicted molar refractivity (Wildman–Crippen MR) is 81.9 cm³/mol. The van der Waals surface area contributed by atoms with Crippen molar-refractivity contribution in [3.05, 3.63) is 58.2 Å². The van der Waals surface area contributed by atoms with Crippen molar-refractivity contribution in [1.82, 2.24) is 9.88 Å². The third kappa shape index (κ3) is 2.70. The molecule has 0 fully saturated rings. The summed E-state index contributed by atoms with van der Waals surface area (Å²) in [5.41, 5.74) is 4.97. The van der Waals surface area contributed by atoms with Crippen LogP contribution >= 0.6 is 11.6 Å². The van der Waals surface area contributed by atoms with Crippen molar-refractivity contribution in [2.24, 2.45) is 5.84 Å². The molecule has 0 saturated heterocycles. The highest BCUT2D eigenvalue weighted by Gasteiger charge is 2.24. The lowest BCUT2D eigenvalue weighted by atomic mass is 9.99. The van der Waals surface area contributed by atoms with E-state index in [1.54, 1.807) is 17.0 Å². The quantitative estimate of drug-likeness (QED) is 0.673. The fourth-order valence-electron chi connectivity index (χ4n) is 2.48. The molecule has 0 aliphatic carbocycles. The Labute approximate surface area is 127 Å². The van der Waals surface area contributed by atoms with Crippen LogP contribution in [0.1, 0.15) is 21.6 Å². The maximum atomic E-state index is 12.5. The Balaban J connectivity index is 1.85. The van der Waals surface area contributed by atoms with Gasteiger partial charge in [-0.3, -0.25) is 4.79 Å². The summed E-state index contributed by atoms with van der Waals surface area (Å²) in [6.07, 6.45) is 0.842. The summed E-state index contributed by atoms with van der Waals surface area (Å²) in [6.45, 7) is 1.04. The van der Waals surface area contributed by atoms with Gasteiger partial charge in [-0.1, -0.05) is 29.8 Å². The minimum Gasteiger partial charge on any atom is -0.332 e. The summed E-state index contributed by atoms with van der Waals surface area (Å²) >= 11 is 6.15. The van der Waals surface area contributed by atoms with Crippen molar-refractivity contribution in [3.63, 3.8) is 0 Å². The van der Waals surface area contributed by atoms with Gasteiger partial charge in [0.25, 0.3) is 5.91 Å². The molecule has 21 heavy (non-hydrogen) atoms. The van der Waals surface area contributed by atoms with Gasteiger partial charge in [0.2, 0.25) is 0 Å². The van der Waals surface area contributed by atoms with Crippen molar-refractivity contribution in [1.29, 1.82) is 0 Å². The van der Waals surface area contributed by atoms with E-state index in [4.69, 9.17) is 17.4 Å². The van der Waals surface area contributed by atoms with Gasteiger partial charge in [-0.15, -0.1) is 0 Å². The summed E-state index contributed by atoms with van der Waals surface area (Å²) in [6, 6.07) is 11.1. The smallest absolute Gasteiger partial charge is 0.254 e. The first kappa shape index (κ1) is 13.9. The molecule has 3 rings (SSSR count). The predicted octanol–water partition coefficient (Wildman–Crippen LogP) is 2.22. The molecule has 0 spiro atoms. The number of halogens is 1. The van der Waals surface area contributed by atoms with Gasteiger partial charge >= 0.3 is 0 Å². The highest BCUT2D eigenvalue weighted by atomic mass is 35.5. The highest BCUT2D eigenvalue weighted by molar-refractivity contribution is 6.31. The van der Waals surface area contributed by atoms with Crippen LogP contribution in [0.2, 0.25) is 5.02 Å². The molecule has 2 aromatic rings. The van der Waals surface area contributed by atoms with Gasteiger partial charge in [0.1, 0.15) is 5.82 Å². The van der Waals surface area contributed by atoms with Crippen LogP contribution in [0.4, 0.5) is 5.82 Å². The molecule has 6 heteroatoms. The number of rotatable bonds is 3. The topological polar surface area (TPSA) is 71.2 Å². The number of nitrogens with zero attached hydrogens (tertiary/aromatic N) is 2. The van der Waals surface area contributed by atoms with E-state index in [0.29, 0.717) is 29.6 Å². The number of carbonyl (C=O) groups is 1. The first-order chi connectivity index (χ1) is 10.2. The van der Waals surface area contributed by atoms with Crippen molar-refractivity contribution >= 4 is 23.3 Å². The standard InChI is InChI=1S/C15H15ClN4O/c16-12-5-6-14(19-17)18-13(12)9-20-8-7-10-3-1-2-4-11(10)15(20)21/h1-6H,7-9,17H2,(H,18,19). The van der Waals surface area contributed by atoms with Crippen molar-refractivity contribution < 1.29 is 4.79 Å². The Morgan fingerprint density at radius 2 is 2.10 bits per heavy atom. The lowest BCUT2D eigenvalue weighted by molar-refractivity contribution is 0.0725. The summed E-state index contributed by atoms with van der Waals surface area (Å²) in [5.74, 6) is 5.90. The van der Waals surface area contributed by atoms with Crippen molar-refractivity contribution in [2.45, 2.75) is 13.0 Å². The number of nitrogens with one attached hydrogen (secondary N) is 1. The maximum Gasteiger partial charge on any atom is 0.254 e. The van der Waals surface area contributed by atoms with E-state index in [-0.39, 0.29) is 5.91 Å². The second-order valence-corrected chi connectivity index (χ2v) is 5.31. The third-order valence-corrected chi connectivity index (χ3v) is 3.94. The summed E-state index contributed by atoms with van der Waals surface area (Å²) in [5, 5.41) is 0.528. The van der Waals surface area contributed by atoms with Crippen molar-refractivity contribution in [3.8, 4) is 0 Å². The zero-order valence-corrected chi connectivity index (χ0v) is 12.1. The van der Waals surface area contributed by atoms with E-state index < -0.39 is 0 Å². The molecular formula is C15H15ClN4O. The molecule has 5 nitrogen and oxygen atoms in total. The number of amides is 1. The minimum absolute atomic E-state index is 0.0147. The van der Waals surface area contributed by atoms with Gasteiger partial charge in [-0.05, 0) is 30.2 Å². The number of aromatic nitrogens is 1. The normalized spacial score (nSPS) is 14.0. The Morgan fingerprint density at radius 1 is 1.29 bits per heavy atom. The van der Waals surface area contributed by atoms with E-state index in [9.17, 15) is 4.79 Å². The van der Waals surface area contributed by atoms with E-state index in [0.717, 1.165) is 17.5 Å². The van der Waals surface area contributed by atoms with Crippen LogP contribution < -0.4 is 11.3 Å². The van der Waals surface area contributed by atoms with E-state index >= 15 is 0 Å². The second kappa shape index (κ2) is 5.71. The molecule has 0 bridgehead atoms. The molecule has 108 valence electrons. The lowest BCUT2D eigenvalue weighted by Gasteiger charge is -2.28. The average molecular weight is 303 g/mol. The molecule has 0 saturated carbocycles. The SMILES string of the molecule is NNc1ccc(Cl)c(CN2CCc3ccccc3C2=O)n1. The summed E-state index contributed by atoms with van der Waals surface area (Å²) in [4.78, 5) is 18.6. The maximum absolute atomic E-state index is 12.5. The van der Waals surface area contributed by atoms with Crippen LogP contribution in [0.5, 0.6) is 0 Å². The molecule has 0 radical (unpaired) electrons. The number of anilines is 1. The number of hydrogen-bond donors (Lipinski definition) is 2. The van der Waals surface area contributed by atoms with Crippen LogP contribution in [-0.2, 0) is 13.0 Å². The van der Waals surface area contributed by atoms with Crippen LogP contribution in [0.15, 0.2) is 36.4 Å². The molecule has 3 N–H and O–H groups in total. The molecule has 0 unspecified atom stereocenters. The zero-order chi connectivity index (χ0) is 14.8. The number of benzene rings is 1. The fourth-order valence-corrected chi connectivity index (χ4v) is 2.65. The third-order valence-electron chi connectivity index (χ3n) is 3.59. The number of carbonyl (C=O) groups excluding carboxylic acids is 1. The molecule has 1 aliphatic heterocycles. The lowest BCUT2D eigenvalue weighted by Crippen LogP contribution is -2.37. The van der Waals surface area contributed by atoms with Crippen LogP contribution in [0, 0.1) is 0 Å². The Bertz CT molecular complexity index is 689. The van der Waals surface area contributed by atoms with Crippen LogP contribution in [0.3, 0.4) is 0 Å². The van der Waals surface area contributed by atoms with Gasteiger partial charge in [-0.2, -0.15) is 0 Å². The Kier molecular flexibility index (Phi) is 3.77. The molecular weight excluding hydrogens is 288 g/mol. The second-order valence-electron chi connectivity index (χ2n) is 4.90. The molecule has 1 amide bonds. The van der Waals surface area contributed by atoms with Crippen LogP contribution in [-0.4, -0.2) is 22.3 Å². The van der Waals surface area contributed by atoms with Gasteiger partial charge in [0.05, 0.1) is 17.3 Å². The van der Waals surface area contributed by atoms with E-state index in [1.165, 1.54) is 0 Å². The largest absolute Gasteiger partial charge is 0.332 e. The Hall–Kier alpha value is -2.11. The van der Waals surface area contributed by atoms with E-state index in [1.807, 2.05) is 24.3 Å². The molecule has 1 aliphatic rings. The molecule has 1 aromatic carbocycles. The minimum atomic E-state index is 0.0147. The van der Waals surface area contributed by atoms with Gasteiger partial charge in [0.15, 0.2) is 0 Å². The van der Waals surface area contributed by atoms with E-state index in [2.05, 4.69) is 10.4 Å². The Morgan fingerprint density at radius 3 is 2.90 bits per heavy atom. The van der Waals surface area contributed by atoms with Gasteiger partial charge < -0.3 is 10.3 Å². The molecule has 1 aromatic heterocycles. The number of fused-ring (bicyclic) bond motifs is 1. The molecule has 2 heterocycles. The highest BCUT2D eigenvalue weighted by Crippen LogP contribution is 2.23. The van der Waals surface area contributed by atoms with Gasteiger partial charge in [-0.25, -0.2) is 10.8 Å². The fraction of sp³-hybridized carbons (Fsp3) is 0.200. The number of nitrogen functional groups attached to an aromatic ring is 1. The first-order valence-corrected chi connectivity index (χ1v) is 7.06. The summed E-state index contributed by atoms with van der Waals surface area (Å²) < 4.78 is 0. The van der Waals surface area contributed by atoms with Crippen molar-refractivity contribution in [2.75, 3.05) is 12.0 Å². The number of hydrogen-bond acceptors (Lipinski definition) is 4. The summed E-state index contributed by atoms with van der Waals surface area (Å²) in [7, 11) is 0. The molecule has 0 atom stereocenters. The number of nitrogens with two attached hydrogens (primary N) is 1. The number of pyridine rings is 1. The number of hydrazine groups is 1. The average Bonchev–Trinajstić information content (AvgIpc) is 2.52. The monoisotopic (exact) mass is 302 g/mol.